The van der Waals surface area contributed by atoms with Crippen LogP contribution in [0.3, 0.4) is 0 Å². The van der Waals surface area contributed by atoms with E-state index in [9.17, 15) is 9.18 Å². The molecule has 1 aromatic carbocycles. The number of halogens is 4. The van der Waals surface area contributed by atoms with Crippen molar-refractivity contribution >= 4 is 52.4 Å². The van der Waals surface area contributed by atoms with E-state index in [1.54, 1.807) is 0 Å². The number of nitrogens with one attached hydrogen (secondary N) is 1. The van der Waals surface area contributed by atoms with E-state index in [2.05, 4.69) is 21.4 Å². The van der Waals surface area contributed by atoms with Gasteiger partial charge in [-0.15, -0.1) is 24.8 Å². The number of hydrogen-bond acceptors (Lipinski definition) is 3. The van der Waals surface area contributed by atoms with Gasteiger partial charge in [0.05, 0.1) is 15.7 Å². The molecule has 4 nitrogen and oxygen atoms in total. The molecule has 4 N–H and O–H groups in total. The fourth-order valence-corrected chi connectivity index (χ4v) is 1.19. The molecule has 0 aliphatic carbocycles. The molecule has 0 heterocycles. The molecule has 0 atom stereocenters. The number of carboxylic acids is 1. The van der Waals surface area contributed by atoms with Crippen LogP contribution in [0.25, 0.3) is 0 Å². The minimum Gasteiger partial charge on any atom is -0.478 e. The van der Waals surface area contributed by atoms with Gasteiger partial charge in [-0.1, -0.05) is 0 Å². The summed E-state index contributed by atoms with van der Waals surface area (Å²) in [6.45, 7) is 0. The van der Waals surface area contributed by atoms with E-state index in [0.717, 1.165) is 12.1 Å². The normalized spacial score (nSPS) is 8.47. The standard InChI is InChI=1S/C7H6BrFN2O2.2ClH/c8-4-1-3(7(12)13)6(11-10)2-5(4)9;;/h1-2,11H,10H2,(H,12,13);2*1H. The highest BCUT2D eigenvalue weighted by atomic mass is 79.9. The Hall–Kier alpha value is -0.560. The highest BCUT2D eigenvalue weighted by Crippen LogP contribution is 2.23. The quantitative estimate of drug-likeness (QED) is 0.577. The molecule has 15 heavy (non-hydrogen) atoms. The molecule has 1 aromatic rings. The summed E-state index contributed by atoms with van der Waals surface area (Å²) in [5.74, 6) is 3.27. The largest absolute Gasteiger partial charge is 0.478 e. The number of hydrogen-bond donors (Lipinski definition) is 3. The van der Waals surface area contributed by atoms with Gasteiger partial charge in [0.1, 0.15) is 5.82 Å². The van der Waals surface area contributed by atoms with E-state index in [4.69, 9.17) is 10.9 Å². The SMILES string of the molecule is Cl.Cl.NNc1cc(F)c(Br)cc1C(=O)O. The molecule has 8 heteroatoms. The average molecular weight is 322 g/mol. The van der Waals surface area contributed by atoms with Gasteiger partial charge >= 0.3 is 5.97 Å². The molecule has 0 aliphatic heterocycles. The third-order valence-corrected chi connectivity index (χ3v) is 2.05. The molecule has 0 saturated heterocycles. The smallest absolute Gasteiger partial charge is 0.337 e. The van der Waals surface area contributed by atoms with Crippen molar-refractivity contribution < 1.29 is 14.3 Å². The monoisotopic (exact) mass is 320 g/mol. The number of rotatable bonds is 2. The summed E-state index contributed by atoms with van der Waals surface area (Å²) in [4.78, 5) is 10.6. The lowest BCUT2D eigenvalue weighted by Crippen LogP contribution is -2.12. The van der Waals surface area contributed by atoms with E-state index >= 15 is 0 Å². The lowest BCUT2D eigenvalue weighted by Gasteiger charge is -2.05. The number of anilines is 1. The van der Waals surface area contributed by atoms with Gasteiger partial charge in [-0.2, -0.15) is 0 Å². The van der Waals surface area contributed by atoms with Crippen molar-refractivity contribution in [3.05, 3.63) is 28.0 Å². The summed E-state index contributed by atoms with van der Waals surface area (Å²) >= 11 is 2.87. The van der Waals surface area contributed by atoms with E-state index < -0.39 is 11.8 Å². The van der Waals surface area contributed by atoms with Crippen LogP contribution in [0.15, 0.2) is 16.6 Å². The average Bonchev–Trinajstić information content (AvgIpc) is 2.08. The highest BCUT2D eigenvalue weighted by Gasteiger charge is 2.12. The van der Waals surface area contributed by atoms with Crippen LogP contribution in [-0.2, 0) is 0 Å². The zero-order valence-corrected chi connectivity index (χ0v) is 10.4. The molecule has 0 aromatic heterocycles. The summed E-state index contributed by atoms with van der Waals surface area (Å²) in [7, 11) is 0. The number of hydrazine groups is 1. The van der Waals surface area contributed by atoms with Crippen molar-refractivity contribution in [3.8, 4) is 0 Å². The molecule has 0 unspecified atom stereocenters. The summed E-state index contributed by atoms with van der Waals surface area (Å²) in [5, 5.41) is 8.67. The zero-order chi connectivity index (χ0) is 10.0. The van der Waals surface area contributed by atoms with Crippen LogP contribution in [0.4, 0.5) is 10.1 Å². The number of benzene rings is 1. The lowest BCUT2D eigenvalue weighted by atomic mass is 10.2. The van der Waals surface area contributed by atoms with Crippen molar-refractivity contribution in [2.75, 3.05) is 5.43 Å². The molecular formula is C7H8BrCl2FN2O2. The van der Waals surface area contributed by atoms with Crippen molar-refractivity contribution in [1.29, 1.82) is 0 Å². The van der Waals surface area contributed by atoms with Gasteiger partial charge in [-0.25, -0.2) is 9.18 Å². The predicted molar refractivity (Wildman–Crippen MR) is 63.4 cm³/mol. The summed E-state index contributed by atoms with van der Waals surface area (Å²) < 4.78 is 13.0. The Morgan fingerprint density at radius 3 is 2.40 bits per heavy atom. The number of carbonyl (C=O) groups is 1. The third kappa shape index (κ3) is 3.83. The maximum absolute atomic E-state index is 12.9. The van der Waals surface area contributed by atoms with Gasteiger partial charge in [0.25, 0.3) is 0 Å². The van der Waals surface area contributed by atoms with Gasteiger partial charge < -0.3 is 10.5 Å². The summed E-state index contributed by atoms with van der Waals surface area (Å²) in [5.41, 5.74) is 2.05. The fourth-order valence-electron chi connectivity index (χ4n) is 0.843. The highest BCUT2D eigenvalue weighted by molar-refractivity contribution is 9.10. The molecule has 0 spiro atoms. The van der Waals surface area contributed by atoms with Gasteiger partial charge in [0.2, 0.25) is 0 Å². The first-order valence-corrected chi connectivity index (χ1v) is 4.04. The molecule has 0 amide bonds. The first-order chi connectivity index (χ1) is 6.06. The second kappa shape index (κ2) is 6.84. The summed E-state index contributed by atoms with van der Waals surface area (Å²) in [6.07, 6.45) is 0. The first-order valence-electron chi connectivity index (χ1n) is 3.25. The van der Waals surface area contributed by atoms with Crippen LogP contribution in [0.5, 0.6) is 0 Å². The van der Waals surface area contributed by atoms with Gasteiger partial charge in [0, 0.05) is 6.07 Å². The van der Waals surface area contributed by atoms with Crippen LogP contribution in [0.1, 0.15) is 10.4 Å². The van der Waals surface area contributed by atoms with Crippen LogP contribution in [-0.4, -0.2) is 11.1 Å². The molecule has 86 valence electrons. The Morgan fingerprint density at radius 1 is 1.47 bits per heavy atom. The number of carboxylic acid groups (broad SMARTS) is 1. The Bertz CT molecular complexity index is 365. The number of nitrogen functional groups attached to an aromatic ring is 1. The van der Waals surface area contributed by atoms with E-state index in [-0.39, 0.29) is 40.5 Å². The van der Waals surface area contributed by atoms with Crippen molar-refractivity contribution in [3.63, 3.8) is 0 Å². The van der Waals surface area contributed by atoms with Crippen LogP contribution >= 0.6 is 40.7 Å². The number of nitrogens with two attached hydrogens (primary N) is 1. The Labute approximate surface area is 106 Å². The Morgan fingerprint density at radius 2 is 2.00 bits per heavy atom. The van der Waals surface area contributed by atoms with E-state index in [1.165, 1.54) is 0 Å². The van der Waals surface area contributed by atoms with Gasteiger partial charge in [-0.3, -0.25) is 5.84 Å². The maximum Gasteiger partial charge on any atom is 0.337 e. The van der Waals surface area contributed by atoms with E-state index in [1.807, 2.05) is 0 Å². The molecule has 0 aliphatic rings. The molecule has 0 radical (unpaired) electrons. The van der Waals surface area contributed by atoms with Crippen molar-refractivity contribution in [2.24, 2.45) is 5.84 Å². The van der Waals surface area contributed by atoms with Crippen molar-refractivity contribution in [1.82, 2.24) is 0 Å². The van der Waals surface area contributed by atoms with Crippen LogP contribution < -0.4 is 11.3 Å². The molecule has 0 bridgehead atoms. The second-order valence-electron chi connectivity index (χ2n) is 2.26. The zero-order valence-electron chi connectivity index (χ0n) is 7.16. The Kier molecular flexibility index (Phi) is 7.68. The minimum atomic E-state index is -1.17. The van der Waals surface area contributed by atoms with Gasteiger partial charge in [-0.05, 0) is 22.0 Å². The second-order valence-corrected chi connectivity index (χ2v) is 3.12. The van der Waals surface area contributed by atoms with E-state index in [0.29, 0.717) is 0 Å². The topological polar surface area (TPSA) is 75.3 Å². The number of aromatic carboxylic acids is 1. The molecule has 0 fully saturated rings. The first kappa shape index (κ1) is 16.9. The molecular weight excluding hydrogens is 314 g/mol. The Balaban J connectivity index is 0. The predicted octanol–water partition coefficient (Wildman–Crippen LogP) is 2.42. The van der Waals surface area contributed by atoms with Crippen LogP contribution in [0.2, 0.25) is 0 Å². The van der Waals surface area contributed by atoms with Gasteiger partial charge in [0.15, 0.2) is 0 Å². The fraction of sp³-hybridized carbons (Fsp3) is 0. The van der Waals surface area contributed by atoms with Crippen LogP contribution in [0, 0.1) is 5.82 Å². The maximum atomic E-state index is 12.9. The lowest BCUT2D eigenvalue weighted by molar-refractivity contribution is 0.0698. The molecule has 0 saturated carbocycles. The van der Waals surface area contributed by atoms with Crippen molar-refractivity contribution in [2.45, 2.75) is 0 Å². The minimum absolute atomic E-state index is 0. The molecule has 1 rings (SSSR count). The summed E-state index contributed by atoms with van der Waals surface area (Å²) in [6, 6.07) is 2.15. The third-order valence-electron chi connectivity index (χ3n) is 1.45.